The predicted molar refractivity (Wildman–Crippen MR) is 48.4 cm³/mol. The van der Waals surface area contributed by atoms with Gasteiger partial charge in [0.2, 0.25) is 5.82 Å². The lowest BCUT2D eigenvalue weighted by Crippen LogP contribution is -2.23. The van der Waals surface area contributed by atoms with Crippen LogP contribution in [0.3, 0.4) is 0 Å². The summed E-state index contributed by atoms with van der Waals surface area (Å²) in [6.07, 6.45) is 1.82. The van der Waals surface area contributed by atoms with Crippen molar-refractivity contribution in [1.82, 2.24) is 20.5 Å². The van der Waals surface area contributed by atoms with Crippen LogP contribution in [0.1, 0.15) is 36.7 Å². The summed E-state index contributed by atoms with van der Waals surface area (Å²) in [6.45, 7) is 4.50. The minimum absolute atomic E-state index is 0.221. The van der Waals surface area contributed by atoms with Gasteiger partial charge in [-0.1, -0.05) is 6.92 Å². The highest BCUT2D eigenvalue weighted by atomic mass is 16.2. The zero-order chi connectivity index (χ0) is 9.68. The van der Waals surface area contributed by atoms with Crippen LogP contribution in [0.15, 0.2) is 0 Å². The number of amides is 1. The number of nitrogens with zero attached hydrogens (tertiary/aromatic N) is 2. The number of hydrogen-bond donors (Lipinski definition) is 2. The van der Waals surface area contributed by atoms with Gasteiger partial charge in [-0.15, -0.1) is 5.10 Å². The fourth-order valence-corrected chi connectivity index (χ4v) is 0.985. The lowest BCUT2D eigenvalue weighted by Gasteiger charge is -1.94. The van der Waals surface area contributed by atoms with Crippen LogP contribution in [0.4, 0.5) is 0 Å². The number of H-pyrrole nitrogens is 1. The second kappa shape index (κ2) is 4.59. The van der Waals surface area contributed by atoms with Crippen LogP contribution in [0, 0.1) is 0 Å². The first kappa shape index (κ1) is 9.70. The molecule has 0 bridgehead atoms. The summed E-state index contributed by atoms with van der Waals surface area (Å²) in [5.74, 6) is 0.773. The van der Waals surface area contributed by atoms with E-state index < -0.39 is 0 Å². The molecule has 0 saturated carbocycles. The van der Waals surface area contributed by atoms with E-state index in [4.69, 9.17) is 0 Å². The van der Waals surface area contributed by atoms with Crippen LogP contribution < -0.4 is 5.32 Å². The summed E-state index contributed by atoms with van der Waals surface area (Å²) in [7, 11) is 0. The summed E-state index contributed by atoms with van der Waals surface area (Å²) < 4.78 is 0. The maximum Gasteiger partial charge on any atom is 0.290 e. The SMILES string of the molecule is CCCc1nc(C(=O)NCC)n[nH]1. The van der Waals surface area contributed by atoms with E-state index in [1.54, 1.807) is 0 Å². The average Bonchev–Trinajstić information content (AvgIpc) is 2.54. The minimum atomic E-state index is -0.221. The van der Waals surface area contributed by atoms with Crippen molar-refractivity contribution in [3.63, 3.8) is 0 Å². The van der Waals surface area contributed by atoms with Gasteiger partial charge in [-0.2, -0.15) is 0 Å². The molecule has 5 nitrogen and oxygen atoms in total. The second-order valence-electron chi connectivity index (χ2n) is 2.72. The van der Waals surface area contributed by atoms with Gasteiger partial charge in [-0.25, -0.2) is 4.98 Å². The topological polar surface area (TPSA) is 70.7 Å². The molecule has 0 saturated heterocycles. The molecule has 0 unspecified atom stereocenters. The molecule has 0 aliphatic heterocycles. The Morgan fingerprint density at radius 3 is 2.92 bits per heavy atom. The Kier molecular flexibility index (Phi) is 3.42. The van der Waals surface area contributed by atoms with Crippen LogP contribution in [0.25, 0.3) is 0 Å². The lowest BCUT2D eigenvalue weighted by atomic mass is 10.3. The maximum absolute atomic E-state index is 11.2. The smallest absolute Gasteiger partial charge is 0.290 e. The number of carbonyl (C=O) groups is 1. The number of carbonyl (C=O) groups excluding carboxylic acids is 1. The van der Waals surface area contributed by atoms with Crippen molar-refractivity contribution in [3.8, 4) is 0 Å². The van der Waals surface area contributed by atoms with E-state index in [9.17, 15) is 4.79 Å². The molecule has 5 heteroatoms. The number of rotatable bonds is 4. The number of aromatic amines is 1. The Morgan fingerprint density at radius 2 is 2.31 bits per heavy atom. The van der Waals surface area contributed by atoms with Gasteiger partial charge in [0.1, 0.15) is 5.82 Å². The van der Waals surface area contributed by atoms with Gasteiger partial charge in [0.15, 0.2) is 0 Å². The van der Waals surface area contributed by atoms with Crippen molar-refractivity contribution in [1.29, 1.82) is 0 Å². The lowest BCUT2D eigenvalue weighted by molar-refractivity contribution is 0.0946. The van der Waals surface area contributed by atoms with Gasteiger partial charge in [-0.3, -0.25) is 9.89 Å². The Hall–Kier alpha value is -1.39. The normalized spacial score (nSPS) is 10.0. The largest absolute Gasteiger partial charge is 0.350 e. The number of nitrogens with one attached hydrogen (secondary N) is 2. The average molecular weight is 182 g/mol. The highest BCUT2D eigenvalue weighted by Crippen LogP contribution is 1.95. The second-order valence-corrected chi connectivity index (χ2v) is 2.72. The van der Waals surface area contributed by atoms with E-state index in [0.717, 1.165) is 18.7 Å². The molecule has 13 heavy (non-hydrogen) atoms. The monoisotopic (exact) mass is 182 g/mol. The Labute approximate surface area is 76.9 Å². The van der Waals surface area contributed by atoms with Crippen LogP contribution in [0.2, 0.25) is 0 Å². The van der Waals surface area contributed by atoms with Crippen LogP contribution in [-0.4, -0.2) is 27.6 Å². The molecule has 0 fully saturated rings. The molecule has 1 amide bonds. The Morgan fingerprint density at radius 1 is 1.54 bits per heavy atom. The van der Waals surface area contributed by atoms with Crippen molar-refractivity contribution in [2.75, 3.05) is 6.54 Å². The maximum atomic E-state index is 11.2. The molecule has 0 aromatic carbocycles. The van der Waals surface area contributed by atoms with Crippen molar-refractivity contribution < 1.29 is 4.79 Å². The van der Waals surface area contributed by atoms with Crippen molar-refractivity contribution >= 4 is 5.91 Å². The zero-order valence-electron chi connectivity index (χ0n) is 7.92. The molecule has 0 aliphatic rings. The van der Waals surface area contributed by atoms with Gasteiger partial charge in [-0.05, 0) is 13.3 Å². The summed E-state index contributed by atoms with van der Waals surface area (Å²) in [4.78, 5) is 15.2. The number of aromatic nitrogens is 3. The molecule has 0 aliphatic carbocycles. The minimum Gasteiger partial charge on any atom is -0.350 e. The number of hydrogen-bond acceptors (Lipinski definition) is 3. The third-order valence-corrected chi connectivity index (χ3v) is 1.56. The third-order valence-electron chi connectivity index (χ3n) is 1.56. The quantitative estimate of drug-likeness (QED) is 0.712. The highest BCUT2D eigenvalue weighted by molar-refractivity contribution is 5.90. The molecular formula is C8H14N4O. The first-order chi connectivity index (χ1) is 6.27. The first-order valence-electron chi connectivity index (χ1n) is 4.47. The van der Waals surface area contributed by atoms with E-state index in [1.165, 1.54) is 0 Å². The number of aryl methyl sites for hydroxylation is 1. The van der Waals surface area contributed by atoms with E-state index in [-0.39, 0.29) is 11.7 Å². The third kappa shape index (κ3) is 2.54. The summed E-state index contributed by atoms with van der Waals surface area (Å²) >= 11 is 0. The van der Waals surface area contributed by atoms with Gasteiger partial charge >= 0.3 is 0 Å². The first-order valence-corrected chi connectivity index (χ1v) is 4.47. The molecule has 1 aromatic heterocycles. The Balaban J connectivity index is 2.62. The van der Waals surface area contributed by atoms with E-state index in [0.29, 0.717) is 6.54 Å². The van der Waals surface area contributed by atoms with Gasteiger partial charge < -0.3 is 5.32 Å². The molecule has 1 aromatic rings. The van der Waals surface area contributed by atoms with Crippen LogP contribution in [0.5, 0.6) is 0 Å². The molecule has 72 valence electrons. The van der Waals surface area contributed by atoms with E-state index in [2.05, 4.69) is 20.5 Å². The molecule has 0 spiro atoms. The Bertz CT molecular complexity index is 281. The zero-order valence-corrected chi connectivity index (χ0v) is 7.92. The molecule has 2 N–H and O–H groups in total. The fraction of sp³-hybridized carbons (Fsp3) is 0.625. The summed E-state index contributed by atoms with van der Waals surface area (Å²) in [6, 6.07) is 0. The standard InChI is InChI=1S/C8H14N4O/c1-3-5-6-10-7(12-11-6)8(13)9-4-2/h3-5H2,1-2H3,(H,9,13)(H,10,11,12). The van der Waals surface area contributed by atoms with Crippen LogP contribution in [-0.2, 0) is 6.42 Å². The van der Waals surface area contributed by atoms with Crippen molar-refractivity contribution in [3.05, 3.63) is 11.6 Å². The van der Waals surface area contributed by atoms with Crippen molar-refractivity contribution in [2.45, 2.75) is 26.7 Å². The summed E-state index contributed by atoms with van der Waals surface area (Å²) in [5.41, 5.74) is 0. The van der Waals surface area contributed by atoms with Gasteiger partial charge in [0, 0.05) is 13.0 Å². The van der Waals surface area contributed by atoms with Gasteiger partial charge in [0.25, 0.3) is 5.91 Å². The van der Waals surface area contributed by atoms with Crippen LogP contribution >= 0.6 is 0 Å². The van der Waals surface area contributed by atoms with Crippen molar-refractivity contribution in [2.24, 2.45) is 0 Å². The molecule has 1 heterocycles. The van der Waals surface area contributed by atoms with Gasteiger partial charge in [0.05, 0.1) is 0 Å². The molecular weight excluding hydrogens is 168 g/mol. The summed E-state index contributed by atoms with van der Waals surface area (Å²) in [5, 5.41) is 9.16. The fourth-order valence-electron chi connectivity index (χ4n) is 0.985. The van der Waals surface area contributed by atoms with E-state index in [1.807, 2.05) is 13.8 Å². The predicted octanol–water partition coefficient (Wildman–Crippen LogP) is 0.507. The molecule has 0 atom stereocenters. The molecule has 1 rings (SSSR count). The molecule has 0 radical (unpaired) electrons. The highest BCUT2D eigenvalue weighted by Gasteiger charge is 2.09. The van der Waals surface area contributed by atoms with E-state index >= 15 is 0 Å².